The Morgan fingerprint density at radius 1 is 1.06 bits per heavy atom. The first-order valence-electron chi connectivity index (χ1n) is 7.04. The molecule has 0 spiro atoms. The van der Waals surface area contributed by atoms with Gasteiger partial charge in [0.05, 0.1) is 0 Å². The van der Waals surface area contributed by atoms with Crippen LogP contribution in [-0.2, 0) is 0 Å². The molecule has 1 N–H and O–H groups in total. The van der Waals surface area contributed by atoms with E-state index in [1.165, 1.54) is 64.7 Å². The highest BCUT2D eigenvalue weighted by atomic mass is 15.2. The van der Waals surface area contributed by atoms with Crippen molar-refractivity contribution in [1.82, 2.24) is 15.5 Å². The Hall–Kier alpha value is -0.120. The van der Waals surface area contributed by atoms with Crippen molar-refractivity contribution in [3.8, 4) is 0 Å². The normalized spacial score (nSPS) is 24.8. The molecule has 1 radical (unpaired) electrons. The topological polar surface area (TPSA) is 29.4 Å². The van der Waals surface area contributed by atoms with Crippen LogP contribution in [-0.4, -0.2) is 50.2 Å². The molecule has 0 atom stereocenters. The number of nitrogens with zero attached hydrogens (tertiary/aromatic N) is 2. The van der Waals surface area contributed by atoms with Gasteiger partial charge in [0.15, 0.2) is 0 Å². The highest BCUT2D eigenvalue weighted by molar-refractivity contribution is 4.72. The van der Waals surface area contributed by atoms with Crippen molar-refractivity contribution in [1.29, 1.82) is 0 Å². The van der Waals surface area contributed by atoms with Gasteiger partial charge in [-0.3, -0.25) is 0 Å². The maximum atomic E-state index is 4.37. The third kappa shape index (κ3) is 4.40. The van der Waals surface area contributed by atoms with Crippen LogP contribution in [0.2, 0.25) is 0 Å². The van der Waals surface area contributed by atoms with Gasteiger partial charge in [0.2, 0.25) is 0 Å². The summed E-state index contributed by atoms with van der Waals surface area (Å²) >= 11 is 0. The molecule has 2 aliphatic rings. The fourth-order valence-electron chi connectivity index (χ4n) is 2.79. The third-order valence-corrected chi connectivity index (χ3v) is 3.84. The number of nitrogens with one attached hydrogen (secondary N) is 1. The minimum Gasteiger partial charge on any atom is -0.314 e. The monoisotopic (exact) mass is 224 g/mol. The molecule has 1 saturated heterocycles. The van der Waals surface area contributed by atoms with E-state index in [0.29, 0.717) is 0 Å². The van der Waals surface area contributed by atoms with Crippen LogP contribution in [0.3, 0.4) is 0 Å². The maximum Gasteiger partial charge on any atom is 0.0261 e. The van der Waals surface area contributed by atoms with E-state index < -0.39 is 0 Å². The number of hydrogen-bond donors (Lipinski definition) is 1. The Morgan fingerprint density at radius 3 is 2.56 bits per heavy atom. The van der Waals surface area contributed by atoms with Gasteiger partial charge in [0.1, 0.15) is 0 Å². The molecule has 2 rings (SSSR count). The van der Waals surface area contributed by atoms with E-state index in [2.05, 4.69) is 15.5 Å². The summed E-state index contributed by atoms with van der Waals surface area (Å²) in [7, 11) is 0. The van der Waals surface area contributed by atoms with Gasteiger partial charge >= 0.3 is 0 Å². The average molecular weight is 224 g/mol. The second kappa shape index (κ2) is 7.25. The standard InChI is InChI=1S/C13H26N3/c1-2-5-13(6-3-1)15-7-4-10-16-11-8-14-9-12-16/h13,15H,1-12H2. The molecule has 0 aromatic carbocycles. The molecule has 3 heteroatoms. The molecular formula is C13H26N3. The summed E-state index contributed by atoms with van der Waals surface area (Å²) in [6.07, 6.45) is 8.44. The van der Waals surface area contributed by atoms with Crippen molar-refractivity contribution in [2.24, 2.45) is 0 Å². The lowest BCUT2D eigenvalue weighted by Crippen LogP contribution is -2.41. The SMILES string of the molecule is C1CCC(NCCCN2CC[N]CC2)CC1. The van der Waals surface area contributed by atoms with E-state index in [9.17, 15) is 0 Å². The lowest BCUT2D eigenvalue weighted by molar-refractivity contribution is 0.233. The molecule has 16 heavy (non-hydrogen) atoms. The quantitative estimate of drug-likeness (QED) is 0.712. The molecule has 3 nitrogen and oxygen atoms in total. The first-order chi connectivity index (χ1) is 7.95. The highest BCUT2D eigenvalue weighted by Gasteiger charge is 2.13. The number of piperazine rings is 1. The van der Waals surface area contributed by atoms with Crippen LogP contribution < -0.4 is 10.6 Å². The Bertz CT molecular complexity index is 152. The van der Waals surface area contributed by atoms with Gasteiger partial charge < -0.3 is 10.2 Å². The molecular weight excluding hydrogens is 198 g/mol. The van der Waals surface area contributed by atoms with Crippen LogP contribution in [0.4, 0.5) is 0 Å². The van der Waals surface area contributed by atoms with Crippen molar-refractivity contribution >= 4 is 0 Å². The smallest absolute Gasteiger partial charge is 0.0261 e. The van der Waals surface area contributed by atoms with E-state index >= 15 is 0 Å². The van der Waals surface area contributed by atoms with Crippen LogP contribution in [0.15, 0.2) is 0 Å². The Balaban J connectivity index is 1.47. The summed E-state index contributed by atoms with van der Waals surface area (Å²) in [6, 6.07) is 0.824. The summed E-state index contributed by atoms with van der Waals surface area (Å²) in [5.41, 5.74) is 0. The minimum atomic E-state index is 0.824. The van der Waals surface area contributed by atoms with Crippen molar-refractivity contribution in [3.05, 3.63) is 0 Å². The van der Waals surface area contributed by atoms with Crippen molar-refractivity contribution in [2.45, 2.75) is 44.6 Å². The first-order valence-corrected chi connectivity index (χ1v) is 7.04. The molecule has 1 saturated carbocycles. The lowest BCUT2D eigenvalue weighted by Gasteiger charge is -2.27. The zero-order chi connectivity index (χ0) is 11.1. The number of hydrogen-bond acceptors (Lipinski definition) is 2. The molecule has 0 bridgehead atoms. The van der Waals surface area contributed by atoms with Gasteiger partial charge in [0, 0.05) is 32.2 Å². The van der Waals surface area contributed by atoms with Gasteiger partial charge in [0.25, 0.3) is 0 Å². The summed E-state index contributed by atoms with van der Waals surface area (Å²) in [5, 5.41) is 8.08. The zero-order valence-electron chi connectivity index (χ0n) is 10.5. The summed E-state index contributed by atoms with van der Waals surface area (Å²) in [4.78, 5) is 2.55. The summed E-state index contributed by atoms with van der Waals surface area (Å²) in [6.45, 7) is 6.94. The molecule has 1 aliphatic carbocycles. The largest absolute Gasteiger partial charge is 0.314 e. The average Bonchev–Trinajstić information content (AvgIpc) is 2.37. The third-order valence-electron chi connectivity index (χ3n) is 3.84. The summed E-state index contributed by atoms with van der Waals surface area (Å²) in [5.74, 6) is 0. The van der Waals surface area contributed by atoms with E-state index in [1.54, 1.807) is 0 Å². The van der Waals surface area contributed by atoms with E-state index in [0.717, 1.165) is 19.1 Å². The van der Waals surface area contributed by atoms with Crippen LogP contribution in [0.25, 0.3) is 0 Å². The molecule has 1 aliphatic heterocycles. The second-order valence-corrected chi connectivity index (χ2v) is 5.16. The second-order valence-electron chi connectivity index (χ2n) is 5.16. The summed E-state index contributed by atoms with van der Waals surface area (Å²) < 4.78 is 0. The van der Waals surface area contributed by atoms with Crippen molar-refractivity contribution in [3.63, 3.8) is 0 Å². The Labute approximate surface area is 100.0 Å². The van der Waals surface area contributed by atoms with Crippen LogP contribution >= 0.6 is 0 Å². The van der Waals surface area contributed by atoms with Gasteiger partial charge in [-0.05, 0) is 32.4 Å². The van der Waals surface area contributed by atoms with Gasteiger partial charge in [-0.25, -0.2) is 5.32 Å². The molecule has 2 fully saturated rings. The predicted molar refractivity (Wildman–Crippen MR) is 67.8 cm³/mol. The van der Waals surface area contributed by atoms with Crippen LogP contribution in [0, 0.1) is 0 Å². The van der Waals surface area contributed by atoms with Gasteiger partial charge in [-0.15, -0.1) is 0 Å². The molecule has 0 unspecified atom stereocenters. The van der Waals surface area contributed by atoms with Gasteiger partial charge in [-0.1, -0.05) is 19.3 Å². The minimum absolute atomic E-state index is 0.824. The fourth-order valence-corrected chi connectivity index (χ4v) is 2.79. The van der Waals surface area contributed by atoms with E-state index in [1.807, 2.05) is 0 Å². The molecule has 93 valence electrons. The van der Waals surface area contributed by atoms with Crippen molar-refractivity contribution in [2.75, 3.05) is 39.3 Å². The predicted octanol–water partition coefficient (Wildman–Crippen LogP) is 1.22. The Kier molecular flexibility index (Phi) is 5.59. The van der Waals surface area contributed by atoms with Crippen LogP contribution in [0.1, 0.15) is 38.5 Å². The fraction of sp³-hybridized carbons (Fsp3) is 1.00. The highest BCUT2D eigenvalue weighted by Crippen LogP contribution is 2.17. The molecule has 0 aromatic rings. The van der Waals surface area contributed by atoms with E-state index in [-0.39, 0.29) is 0 Å². The lowest BCUT2D eigenvalue weighted by atomic mass is 9.95. The first kappa shape index (κ1) is 12.3. The van der Waals surface area contributed by atoms with Crippen LogP contribution in [0.5, 0.6) is 0 Å². The Morgan fingerprint density at radius 2 is 1.81 bits per heavy atom. The zero-order valence-corrected chi connectivity index (χ0v) is 10.5. The van der Waals surface area contributed by atoms with Crippen molar-refractivity contribution < 1.29 is 0 Å². The number of rotatable bonds is 5. The van der Waals surface area contributed by atoms with E-state index in [4.69, 9.17) is 0 Å². The molecule has 0 aromatic heterocycles. The van der Waals surface area contributed by atoms with Gasteiger partial charge in [-0.2, -0.15) is 0 Å². The molecule has 0 amide bonds. The maximum absolute atomic E-state index is 4.37. The molecule has 1 heterocycles.